The molecule has 1 saturated heterocycles. The van der Waals surface area contributed by atoms with Gasteiger partial charge >= 0.3 is 0 Å². The van der Waals surface area contributed by atoms with Gasteiger partial charge in [0.2, 0.25) is 11.8 Å². The zero-order valence-corrected chi connectivity index (χ0v) is 17.4. The summed E-state index contributed by atoms with van der Waals surface area (Å²) in [7, 11) is 0. The minimum absolute atomic E-state index is 0.0767. The molecule has 0 saturated carbocycles. The summed E-state index contributed by atoms with van der Waals surface area (Å²) >= 11 is 0. The SMILES string of the molecule is Cc1ccc(NCC(=O)Nc2ccc(C(=O)N3CCC(C(N)=O)CC3)cc2)cc1C. The van der Waals surface area contributed by atoms with Gasteiger partial charge in [-0.05, 0) is 74.2 Å². The van der Waals surface area contributed by atoms with Crippen molar-refractivity contribution in [3.05, 3.63) is 59.2 Å². The second-order valence-corrected chi connectivity index (χ2v) is 7.75. The predicted molar refractivity (Wildman–Crippen MR) is 117 cm³/mol. The summed E-state index contributed by atoms with van der Waals surface area (Å²) in [5, 5.41) is 5.94. The molecule has 2 aromatic rings. The maximum atomic E-state index is 12.6. The second-order valence-electron chi connectivity index (χ2n) is 7.75. The van der Waals surface area contributed by atoms with Gasteiger partial charge in [0.05, 0.1) is 6.54 Å². The lowest BCUT2D eigenvalue weighted by Gasteiger charge is -2.30. The highest BCUT2D eigenvalue weighted by molar-refractivity contribution is 5.96. The van der Waals surface area contributed by atoms with Gasteiger partial charge in [0, 0.05) is 35.9 Å². The van der Waals surface area contributed by atoms with Gasteiger partial charge in [-0.3, -0.25) is 14.4 Å². The fraction of sp³-hybridized carbons (Fsp3) is 0.348. The Labute approximate surface area is 176 Å². The van der Waals surface area contributed by atoms with Crippen molar-refractivity contribution in [1.82, 2.24) is 4.90 Å². The van der Waals surface area contributed by atoms with Crippen molar-refractivity contribution in [1.29, 1.82) is 0 Å². The number of amides is 3. The average Bonchev–Trinajstić information content (AvgIpc) is 2.74. The molecule has 0 unspecified atom stereocenters. The van der Waals surface area contributed by atoms with Gasteiger partial charge in [0.1, 0.15) is 0 Å². The summed E-state index contributed by atoms with van der Waals surface area (Å²) in [5.41, 5.74) is 9.80. The van der Waals surface area contributed by atoms with Crippen LogP contribution >= 0.6 is 0 Å². The fourth-order valence-corrected chi connectivity index (χ4v) is 3.48. The first-order chi connectivity index (χ1) is 14.3. The molecule has 1 fully saturated rings. The van der Waals surface area contributed by atoms with Crippen LogP contribution in [0.15, 0.2) is 42.5 Å². The van der Waals surface area contributed by atoms with Crippen LogP contribution in [0.25, 0.3) is 0 Å². The molecule has 0 bridgehead atoms. The van der Waals surface area contributed by atoms with E-state index < -0.39 is 0 Å². The molecular weight excluding hydrogens is 380 g/mol. The smallest absolute Gasteiger partial charge is 0.253 e. The molecule has 7 nitrogen and oxygen atoms in total. The topological polar surface area (TPSA) is 105 Å². The third-order valence-corrected chi connectivity index (χ3v) is 5.56. The molecule has 0 atom stereocenters. The fourth-order valence-electron chi connectivity index (χ4n) is 3.48. The van der Waals surface area contributed by atoms with Gasteiger partial charge in [-0.1, -0.05) is 6.07 Å². The molecule has 3 amide bonds. The number of carbonyl (C=O) groups excluding carboxylic acids is 3. The van der Waals surface area contributed by atoms with E-state index in [9.17, 15) is 14.4 Å². The van der Waals surface area contributed by atoms with Crippen molar-refractivity contribution < 1.29 is 14.4 Å². The van der Waals surface area contributed by atoms with Crippen molar-refractivity contribution in [3.8, 4) is 0 Å². The lowest BCUT2D eigenvalue weighted by molar-refractivity contribution is -0.123. The van der Waals surface area contributed by atoms with Crippen molar-refractivity contribution in [2.45, 2.75) is 26.7 Å². The Morgan fingerprint density at radius 1 is 0.967 bits per heavy atom. The van der Waals surface area contributed by atoms with Crippen molar-refractivity contribution in [3.63, 3.8) is 0 Å². The van der Waals surface area contributed by atoms with Crippen LogP contribution < -0.4 is 16.4 Å². The molecule has 1 aliphatic rings. The number of piperidine rings is 1. The first-order valence-electron chi connectivity index (χ1n) is 10.1. The number of nitrogens with two attached hydrogens (primary N) is 1. The summed E-state index contributed by atoms with van der Waals surface area (Å²) in [6.07, 6.45) is 1.20. The lowest BCUT2D eigenvalue weighted by atomic mass is 9.96. The minimum Gasteiger partial charge on any atom is -0.376 e. The minimum atomic E-state index is -0.297. The molecule has 1 heterocycles. The number of likely N-dealkylation sites (tertiary alicyclic amines) is 1. The van der Waals surface area contributed by atoms with Gasteiger partial charge in [0.15, 0.2) is 0 Å². The zero-order chi connectivity index (χ0) is 21.7. The molecule has 2 aromatic carbocycles. The van der Waals surface area contributed by atoms with E-state index in [1.807, 2.05) is 32.0 Å². The molecule has 1 aliphatic heterocycles. The number of hydrogen-bond donors (Lipinski definition) is 3. The molecule has 3 rings (SSSR count). The number of nitrogens with one attached hydrogen (secondary N) is 2. The number of anilines is 2. The van der Waals surface area contributed by atoms with E-state index in [1.54, 1.807) is 29.2 Å². The molecule has 4 N–H and O–H groups in total. The quantitative estimate of drug-likeness (QED) is 0.683. The Morgan fingerprint density at radius 3 is 2.20 bits per heavy atom. The van der Waals surface area contributed by atoms with E-state index >= 15 is 0 Å². The van der Waals surface area contributed by atoms with Crippen LogP contribution in [0.4, 0.5) is 11.4 Å². The van der Waals surface area contributed by atoms with Crippen LogP contribution in [0.1, 0.15) is 34.3 Å². The average molecular weight is 409 g/mol. The lowest BCUT2D eigenvalue weighted by Crippen LogP contribution is -2.41. The van der Waals surface area contributed by atoms with Crippen LogP contribution in [0.3, 0.4) is 0 Å². The first kappa shape index (κ1) is 21.4. The summed E-state index contributed by atoms with van der Waals surface area (Å²) in [6, 6.07) is 12.8. The molecule has 0 spiro atoms. The van der Waals surface area contributed by atoms with Crippen molar-refractivity contribution >= 4 is 29.1 Å². The largest absolute Gasteiger partial charge is 0.376 e. The molecule has 0 aromatic heterocycles. The Morgan fingerprint density at radius 2 is 1.60 bits per heavy atom. The Bertz CT molecular complexity index is 932. The molecule has 0 aliphatic carbocycles. The predicted octanol–water partition coefficient (Wildman–Crippen LogP) is 2.69. The summed E-state index contributed by atoms with van der Waals surface area (Å²) < 4.78 is 0. The van der Waals surface area contributed by atoms with Crippen LogP contribution in [0.5, 0.6) is 0 Å². The Hall–Kier alpha value is -3.35. The second kappa shape index (κ2) is 9.43. The van der Waals surface area contributed by atoms with E-state index in [1.165, 1.54) is 11.1 Å². The molecule has 30 heavy (non-hydrogen) atoms. The molecule has 7 heteroatoms. The number of rotatable bonds is 6. The van der Waals surface area contributed by atoms with Crippen molar-refractivity contribution in [2.24, 2.45) is 11.7 Å². The van der Waals surface area contributed by atoms with Gasteiger partial charge in [-0.25, -0.2) is 0 Å². The van der Waals surface area contributed by atoms with E-state index in [0.29, 0.717) is 37.2 Å². The zero-order valence-electron chi connectivity index (χ0n) is 17.4. The third kappa shape index (κ3) is 5.37. The summed E-state index contributed by atoms with van der Waals surface area (Å²) in [5.74, 6) is -0.689. The number of hydrogen-bond acceptors (Lipinski definition) is 4. The Kier molecular flexibility index (Phi) is 6.72. The number of aryl methyl sites for hydroxylation is 2. The summed E-state index contributed by atoms with van der Waals surface area (Å²) in [6.45, 7) is 5.27. The number of primary amides is 1. The van der Waals surface area contributed by atoms with Crippen LogP contribution in [-0.4, -0.2) is 42.3 Å². The maximum absolute atomic E-state index is 12.6. The van der Waals surface area contributed by atoms with E-state index in [4.69, 9.17) is 5.73 Å². The number of carbonyl (C=O) groups is 3. The standard InChI is InChI=1S/C23H28N4O3/c1-15-3-6-20(13-16(15)2)25-14-21(28)26-19-7-4-18(5-8-19)23(30)27-11-9-17(10-12-27)22(24)29/h3-8,13,17,25H,9-12,14H2,1-2H3,(H2,24,29)(H,26,28). The maximum Gasteiger partial charge on any atom is 0.253 e. The van der Waals surface area contributed by atoms with Gasteiger partial charge in [-0.2, -0.15) is 0 Å². The van der Waals surface area contributed by atoms with Crippen molar-refractivity contribution in [2.75, 3.05) is 30.3 Å². The van der Waals surface area contributed by atoms with Gasteiger partial charge in [0.25, 0.3) is 5.91 Å². The van der Waals surface area contributed by atoms with E-state index in [2.05, 4.69) is 10.6 Å². The van der Waals surface area contributed by atoms with Crippen LogP contribution in [-0.2, 0) is 9.59 Å². The van der Waals surface area contributed by atoms with E-state index in [-0.39, 0.29) is 30.2 Å². The molecule has 0 radical (unpaired) electrons. The highest BCUT2D eigenvalue weighted by Gasteiger charge is 2.26. The first-order valence-corrected chi connectivity index (χ1v) is 10.1. The van der Waals surface area contributed by atoms with Gasteiger partial charge in [-0.15, -0.1) is 0 Å². The Balaban J connectivity index is 1.50. The monoisotopic (exact) mass is 408 g/mol. The highest BCUT2D eigenvalue weighted by atomic mass is 16.2. The van der Waals surface area contributed by atoms with E-state index in [0.717, 1.165) is 5.69 Å². The van der Waals surface area contributed by atoms with Gasteiger partial charge < -0.3 is 21.3 Å². The summed E-state index contributed by atoms with van der Waals surface area (Å²) in [4.78, 5) is 37.8. The normalized spacial score (nSPS) is 14.3. The van der Waals surface area contributed by atoms with Crippen LogP contribution in [0.2, 0.25) is 0 Å². The highest BCUT2D eigenvalue weighted by Crippen LogP contribution is 2.20. The number of nitrogens with zero attached hydrogens (tertiary/aromatic N) is 1. The molecular formula is C23H28N4O3. The van der Waals surface area contributed by atoms with Crippen LogP contribution in [0, 0.1) is 19.8 Å². The number of benzene rings is 2. The molecule has 158 valence electrons. The third-order valence-electron chi connectivity index (χ3n) is 5.56.